The third kappa shape index (κ3) is 5.63. The zero-order chi connectivity index (χ0) is 44.1. The summed E-state index contributed by atoms with van der Waals surface area (Å²) in [5, 5.41) is 7.59. The van der Waals surface area contributed by atoms with Crippen molar-refractivity contribution < 1.29 is 0 Å². The Morgan fingerprint density at radius 2 is 0.851 bits per heavy atom. The van der Waals surface area contributed by atoms with Crippen LogP contribution in [-0.4, -0.2) is 27.6 Å². The third-order valence-electron chi connectivity index (χ3n) is 16.4. The van der Waals surface area contributed by atoms with Crippen LogP contribution >= 0.6 is 0 Å². The zero-order valence-electron chi connectivity index (χ0n) is 37.3. The third-order valence-corrected chi connectivity index (χ3v) is 21.1. The van der Waals surface area contributed by atoms with Crippen LogP contribution in [-0.2, 0) is 5.41 Å². The first kappa shape index (κ1) is 38.8. The molecule has 67 heavy (non-hydrogen) atoms. The molecule has 0 N–H and O–H groups in total. The minimum absolute atomic E-state index is 0.0305. The highest BCUT2D eigenvalue weighted by molar-refractivity contribution is 7.19. The summed E-state index contributed by atoms with van der Waals surface area (Å²) in [4.78, 5) is 19.3. The molecule has 5 nitrogen and oxygen atoms in total. The molecule has 322 valence electrons. The van der Waals surface area contributed by atoms with Gasteiger partial charge in [0.05, 0.1) is 22.4 Å². The van der Waals surface area contributed by atoms with Gasteiger partial charge in [-0.2, -0.15) is 15.0 Å². The van der Waals surface area contributed by atoms with Gasteiger partial charge in [-0.25, -0.2) is 0 Å². The van der Waals surface area contributed by atoms with Gasteiger partial charge in [-0.15, -0.1) is 0 Å². The second kappa shape index (κ2) is 15.1. The lowest BCUT2D eigenvalue weighted by atomic mass is 9.41. The number of hydrogen-bond acceptors (Lipinski definition) is 4. The van der Waals surface area contributed by atoms with E-state index in [1.165, 1.54) is 86.1 Å². The van der Waals surface area contributed by atoms with Crippen molar-refractivity contribution in [3.63, 3.8) is 0 Å². The van der Waals surface area contributed by atoms with E-state index in [0.717, 1.165) is 28.4 Å². The quantitative estimate of drug-likeness (QED) is 0.118. The average molecular weight is 880 g/mol. The van der Waals surface area contributed by atoms with E-state index in [1.54, 1.807) is 0 Å². The fourth-order valence-corrected chi connectivity index (χ4v) is 18.9. The first-order chi connectivity index (χ1) is 33.2. The summed E-state index contributed by atoms with van der Waals surface area (Å²) in [7, 11) is -2.87. The molecule has 4 aliphatic carbocycles. The number of hydrogen-bond donors (Lipinski definition) is 0. The van der Waals surface area contributed by atoms with Gasteiger partial charge in [-0.3, -0.25) is 9.47 Å². The Labute approximate surface area is 392 Å². The summed E-state index contributed by atoms with van der Waals surface area (Å²) < 4.78 is 2.25. The van der Waals surface area contributed by atoms with Gasteiger partial charge < -0.3 is 0 Å². The van der Waals surface area contributed by atoms with E-state index in [9.17, 15) is 0 Å². The van der Waals surface area contributed by atoms with Gasteiger partial charge in [0.2, 0.25) is 11.9 Å². The van der Waals surface area contributed by atoms with Crippen LogP contribution in [0.15, 0.2) is 212 Å². The molecular weight excluding hydrogens is 831 g/mol. The van der Waals surface area contributed by atoms with Gasteiger partial charge in [-0.1, -0.05) is 188 Å². The second-order valence-electron chi connectivity index (χ2n) is 19.6. The SMILES string of the molecule is c1ccc([Si](c2ccccc2)(c2ccccc2)c2cccc(-c3nc(N4c5ccccc5C5(c6ccccc64)C4CC6CC(C4)CC5C6)nc(-n4c5ccccc5c5ccccc54)n3)c2)cc1. The Morgan fingerprint density at radius 1 is 0.403 bits per heavy atom. The van der Waals surface area contributed by atoms with Crippen LogP contribution in [0, 0.1) is 23.7 Å². The summed E-state index contributed by atoms with van der Waals surface area (Å²) in [6, 6.07) is 78.4. The van der Waals surface area contributed by atoms with Crippen LogP contribution < -0.4 is 25.6 Å². The van der Waals surface area contributed by atoms with E-state index in [0.29, 0.717) is 29.6 Å². The molecule has 0 radical (unpaired) electrons. The number of aromatic nitrogens is 4. The largest absolute Gasteiger partial charge is 0.278 e. The molecule has 0 saturated heterocycles. The van der Waals surface area contributed by atoms with Crippen molar-refractivity contribution in [3.8, 4) is 17.3 Å². The molecule has 10 aromatic rings. The summed E-state index contributed by atoms with van der Waals surface area (Å²) >= 11 is 0. The summed E-state index contributed by atoms with van der Waals surface area (Å²) in [5.41, 5.74) is 8.32. The molecule has 8 aromatic carbocycles. The van der Waals surface area contributed by atoms with Gasteiger partial charge in [0, 0.05) is 21.8 Å². The van der Waals surface area contributed by atoms with E-state index in [1.807, 2.05) is 0 Å². The maximum absolute atomic E-state index is 5.67. The zero-order valence-corrected chi connectivity index (χ0v) is 38.3. The van der Waals surface area contributed by atoms with Crippen molar-refractivity contribution in [2.45, 2.75) is 37.5 Å². The molecule has 1 aliphatic heterocycles. The van der Waals surface area contributed by atoms with E-state index < -0.39 is 8.07 Å². The fraction of sp³-hybridized carbons (Fsp3) is 0.164. The molecule has 3 heterocycles. The Kier molecular flexibility index (Phi) is 8.72. The fourth-order valence-electron chi connectivity index (χ4n) is 14.1. The highest BCUT2D eigenvalue weighted by atomic mass is 28.3. The van der Waals surface area contributed by atoms with Crippen LogP contribution in [0.2, 0.25) is 0 Å². The van der Waals surface area contributed by atoms with Crippen molar-refractivity contribution >= 4 is 67.9 Å². The van der Waals surface area contributed by atoms with Crippen molar-refractivity contribution in [1.82, 2.24) is 19.5 Å². The maximum atomic E-state index is 5.67. The molecule has 1 spiro atoms. The van der Waals surface area contributed by atoms with Crippen LogP contribution in [0.4, 0.5) is 17.3 Å². The normalized spacial score (nSPS) is 20.0. The number of benzene rings is 8. The molecule has 2 aromatic heterocycles. The molecule has 0 amide bonds. The highest BCUT2D eigenvalue weighted by Crippen LogP contribution is 2.69. The predicted molar refractivity (Wildman–Crippen MR) is 276 cm³/mol. The molecular formula is C61H49N5Si. The lowest BCUT2D eigenvalue weighted by Gasteiger charge is -2.64. The monoisotopic (exact) mass is 879 g/mol. The van der Waals surface area contributed by atoms with Gasteiger partial charge in [-0.05, 0) is 112 Å². The van der Waals surface area contributed by atoms with Gasteiger partial charge in [0.25, 0.3) is 0 Å². The van der Waals surface area contributed by atoms with Gasteiger partial charge >= 0.3 is 0 Å². The average Bonchev–Trinajstić information content (AvgIpc) is 3.73. The molecule has 6 heteroatoms. The molecule has 4 bridgehead atoms. The van der Waals surface area contributed by atoms with Crippen molar-refractivity contribution in [3.05, 3.63) is 223 Å². The first-order valence-corrected chi connectivity index (χ1v) is 26.2. The number of fused-ring (bicyclic) bond motifs is 5. The number of rotatable bonds is 7. The lowest BCUT2D eigenvalue weighted by molar-refractivity contribution is -0.0419. The van der Waals surface area contributed by atoms with Gasteiger partial charge in [0.1, 0.15) is 0 Å². The standard InChI is InChI=1S/C61H49N5Si/c1-4-20-46(21-5-1)67(47-22-6-2-7-23-47,48-24-8-3-9-25-48)49-26-18-19-43(40-49)58-62-59(65-54-31-14-10-27-50(54)51-28-11-15-32-55(51)65)64-60(63-58)66-56-33-16-12-29-52(56)61(53-30-13-17-34-57(53)66)44-36-41-35-42(38-44)39-45(61)37-41/h1-34,40-42,44-45H,35-39H2. The van der Waals surface area contributed by atoms with E-state index in [-0.39, 0.29) is 5.41 Å². The van der Waals surface area contributed by atoms with Crippen LogP contribution in [0.3, 0.4) is 0 Å². The lowest BCUT2D eigenvalue weighted by Crippen LogP contribution is -2.74. The Balaban J connectivity index is 1.04. The minimum atomic E-state index is -2.87. The van der Waals surface area contributed by atoms with Crippen molar-refractivity contribution in [1.29, 1.82) is 0 Å². The summed E-state index contributed by atoms with van der Waals surface area (Å²) in [6.45, 7) is 0. The second-order valence-corrected chi connectivity index (χ2v) is 23.4. The molecule has 15 rings (SSSR count). The highest BCUT2D eigenvalue weighted by Gasteiger charge is 2.61. The van der Waals surface area contributed by atoms with Crippen molar-refractivity contribution in [2.24, 2.45) is 23.7 Å². The Morgan fingerprint density at radius 3 is 1.39 bits per heavy atom. The molecule has 4 saturated carbocycles. The molecule has 0 atom stereocenters. The molecule has 4 fully saturated rings. The first-order valence-electron chi connectivity index (χ1n) is 24.2. The van der Waals surface area contributed by atoms with E-state index >= 15 is 0 Å². The Bertz CT molecular complexity index is 3280. The number of para-hydroxylation sites is 4. The summed E-state index contributed by atoms with van der Waals surface area (Å²) in [6.07, 6.45) is 6.70. The predicted octanol–water partition coefficient (Wildman–Crippen LogP) is 11.5. The minimum Gasteiger partial charge on any atom is -0.278 e. The molecule has 0 unspecified atom stereocenters. The smallest absolute Gasteiger partial charge is 0.240 e. The summed E-state index contributed by atoms with van der Waals surface area (Å²) in [5.74, 6) is 4.84. The Hall–Kier alpha value is -7.41. The van der Waals surface area contributed by atoms with Crippen LogP contribution in [0.1, 0.15) is 43.2 Å². The van der Waals surface area contributed by atoms with Crippen LogP contribution in [0.25, 0.3) is 39.1 Å². The van der Waals surface area contributed by atoms with E-state index in [4.69, 9.17) is 15.0 Å². The van der Waals surface area contributed by atoms with Gasteiger partial charge in [0.15, 0.2) is 13.9 Å². The number of anilines is 3. The van der Waals surface area contributed by atoms with E-state index in [2.05, 4.69) is 222 Å². The maximum Gasteiger partial charge on any atom is 0.240 e. The van der Waals surface area contributed by atoms with Crippen LogP contribution in [0.5, 0.6) is 0 Å². The number of nitrogens with zero attached hydrogens (tertiary/aromatic N) is 5. The molecule has 5 aliphatic rings. The van der Waals surface area contributed by atoms with Crippen molar-refractivity contribution in [2.75, 3.05) is 4.90 Å². The topological polar surface area (TPSA) is 46.8 Å².